The molecule has 1 aromatic rings. The third-order valence-corrected chi connectivity index (χ3v) is 1.74. The number of hydrogen-bond acceptors (Lipinski definition) is 3. The molecule has 1 aromatic carbocycles. The van der Waals surface area contributed by atoms with Crippen LogP contribution in [0.5, 0.6) is 5.75 Å². The molecule has 0 unspecified atom stereocenters. The largest absolute Gasteiger partial charge is 0.497 e. The second kappa shape index (κ2) is 3.91. The van der Waals surface area contributed by atoms with E-state index in [1.54, 1.807) is 31.4 Å². The predicted molar refractivity (Wildman–Crippen MR) is 47.6 cm³/mol. The Morgan fingerprint density at radius 2 is 2.00 bits per heavy atom. The quantitative estimate of drug-likeness (QED) is 0.722. The zero-order chi connectivity index (χ0) is 9.84. The molecule has 1 atom stereocenters. The summed E-state index contributed by atoms with van der Waals surface area (Å²) in [5, 5.41) is 8.61. The van der Waals surface area contributed by atoms with Gasteiger partial charge in [0.1, 0.15) is 11.8 Å². The normalized spacial score (nSPS) is 12.2. The molecule has 0 saturated heterocycles. The first-order chi connectivity index (χ1) is 6.15. The average Bonchev–Trinajstić information content (AvgIpc) is 2.17. The minimum Gasteiger partial charge on any atom is -0.497 e. The molecule has 0 aliphatic carbocycles. The molecule has 3 N–H and O–H groups in total. The highest BCUT2D eigenvalue weighted by Crippen LogP contribution is 2.15. The van der Waals surface area contributed by atoms with Gasteiger partial charge in [-0.25, -0.2) is 0 Å². The van der Waals surface area contributed by atoms with Gasteiger partial charge in [-0.15, -0.1) is 0 Å². The van der Waals surface area contributed by atoms with Crippen LogP contribution >= 0.6 is 0 Å². The van der Waals surface area contributed by atoms with Crippen LogP contribution in [0.25, 0.3) is 0 Å². The summed E-state index contributed by atoms with van der Waals surface area (Å²) in [7, 11) is 1.55. The van der Waals surface area contributed by atoms with E-state index in [0.29, 0.717) is 11.3 Å². The lowest BCUT2D eigenvalue weighted by Gasteiger charge is -2.06. The highest BCUT2D eigenvalue weighted by atomic mass is 16.5. The van der Waals surface area contributed by atoms with Crippen molar-refractivity contribution in [1.82, 2.24) is 0 Å². The van der Waals surface area contributed by atoms with Gasteiger partial charge in [-0.2, -0.15) is 0 Å². The maximum absolute atomic E-state index is 10.5. The summed E-state index contributed by atoms with van der Waals surface area (Å²) in [6.45, 7) is 0. The Hall–Kier alpha value is -1.55. The number of benzene rings is 1. The van der Waals surface area contributed by atoms with E-state index in [4.69, 9.17) is 15.6 Å². The van der Waals surface area contributed by atoms with Crippen molar-refractivity contribution in [2.75, 3.05) is 7.11 Å². The first-order valence-electron chi connectivity index (χ1n) is 3.77. The fourth-order valence-corrected chi connectivity index (χ4v) is 0.954. The van der Waals surface area contributed by atoms with Gasteiger partial charge in [-0.3, -0.25) is 4.79 Å². The second-order valence-electron chi connectivity index (χ2n) is 2.59. The molecule has 0 heterocycles. The summed E-state index contributed by atoms with van der Waals surface area (Å²) in [5.74, 6) is -0.355. The first-order valence-corrected chi connectivity index (χ1v) is 3.77. The Labute approximate surface area is 75.9 Å². The molecule has 0 bridgehead atoms. The fourth-order valence-electron chi connectivity index (χ4n) is 0.954. The summed E-state index contributed by atoms with van der Waals surface area (Å²) >= 11 is 0. The van der Waals surface area contributed by atoms with Gasteiger partial charge in [0.2, 0.25) is 0 Å². The molecule has 0 saturated carbocycles. The van der Waals surface area contributed by atoms with E-state index < -0.39 is 12.0 Å². The topological polar surface area (TPSA) is 72.5 Å². The minimum absolute atomic E-state index is 0.563. The molecular formula is C9H11NO3. The van der Waals surface area contributed by atoms with Gasteiger partial charge in [0.25, 0.3) is 0 Å². The Kier molecular flexibility index (Phi) is 2.87. The molecule has 0 radical (unpaired) electrons. The number of methoxy groups -OCH3 is 1. The molecule has 70 valence electrons. The first kappa shape index (κ1) is 9.54. The van der Waals surface area contributed by atoms with Crippen LogP contribution < -0.4 is 10.5 Å². The van der Waals surface area contributed by atoms with E-state index in [2.05, 4.69) is 0 Å². The highest BCUT2D eigenvalue weighted by molar-refractivity contribution is 5.75. The number of ether oxygens (including phenoxy) is 1. The number of carbonyl (C=O) groups is 1. The Balaban J connectivity index is 2.85. The van der Waals surface area contributed by atoms with Crippen molar-refractivity contribution in [3.63, 3.8) is 0 Å². The molecule has 13 heavy (non-hydrogen) atoms. The second-order valence-corrected chi connectivity index (χ2v) is 2.59. The van der Waals surface area contributed by atoms with Crippen molar-refractivity contribution in [2.45, 2.75) is 6.04 Å². The number of rotatable bonds is 3. The SMILES string of the molecule is COc1ccc([C@H](N)C(=O)O)cc1. The average molecular weight is 181 g/mol. The van der Waals surface area contributed by atoms with Crippen molar-refractivity contribution in [3.8, 4) is 5.75 Å². The molecule has 1 rings (SSSR count). The Morgan fingerprint density at radius 1 is 1.46 bits per heavy atom. The summed E-state index contributed by atoms with van der Waals surface area (Å²) in [6, 6.07) is 5.66. The third-order valence-electron chi connectivity index (χ3n) is 1.74. The van der Waals surface area contributed by atoms with Gasteiger partial charge in [0.05, 0.1) is 7.11 Å². The molecule has 0 amide bonds. The highest BCUT2D eigenvalue weighted by Gasteiger charge is 2.13. The number of nitrogens with two attached hydrogens (primary N) is 1. The standard InChI is InChI=1S/C9H11NO3/c1-13-7-4-2-6(3-5-7)8(10)9(11)12/h2-5,8H,10H2,1H3,(H,11,12)/t8-/m0/s1. The van der Waals surface area contributed by atoms with Gasteiger partial charge in [0.15, 0.2) is 0 Å². The monoisotopic (exact) mass is 181 g/mol. The molecule has 0 aliphatic rings. The van der Waals surface area contributed by atoms with Gasteiger partial charge in [-0.05, 0) is 17.7 Å². The molecule has 0 aromatic heterocycles. The summed E-state index contributed by atoms with van der Waals surface area (Å²) < 4.78 is 4.92. The van der Waals surface area contributed by atoms with Crippen LogP contribution in [0.15, 0.2) is 24.3 Å². The van der Waals surface area contributed by atoms with Crippen LogP contribution in [0.3, 0.4) is 0 Å². The van der Waals surface area contributed by atoms with E-state index in [-0.39, 0.29) is 0 Å². The van der Waals surface area contributed by atoms with E-state index in [9.17, 15) is 4.79 Å². The van der Waals surface area contributed by atoms with Gasteiger partial charge in [0, 0.05) is 0 Å². The van der Waals surface area contributed by atoms with Crippen LogP contribution in [0, 0.1) is 0 Å². The number of carboxylic acids is 1. The smallest absolute Gasteiger partial charge is 0.325 e. The summed E-state index contributed by atoms with van der Waals surface area (Å²) in [6.07, 6.45) is 0. The number of carboxylic acid groups (broad SMARTS) is 1. The zero-order valence-electron chi connectivity index (χ0n) is 7.23. The molecule has 0 spiro atoms. The maximum atomic E-state index is 10.5. The minimum atomic E-state index is -1.04. The van der Waals surface area contributed by atoms with Crippen LogP contribution in [0.1, 0.15) is 11.6 Å². The summed E-state index contributed by atoms with van der Waals surface area (Å²) in [5.41, 5.74) is 5.95. The predicted octanol–water partition coefficient (Wildman–Crippen LogP) is 0.780. The third kappa shape index (κ3) is 2.19. The van der Waals surface area contributed by atoms with Gasteiger partial charge >= 0.3 is 5.97 Å². The summed E-state index contributed by atoms with van der Waals surface area (Å²) in [4.78, 5) is 10.5. The molecule has 0 fully saturated rings. The van der Waals surface area contributed by atoms with E-state index in [1.807, 2.05) is 0 Å². The maximum Gasteiger partial charge on any atom is 0.325 e. The lowest BCUT2D eigenvalue weighted by Crippen LogP contribution is -2.20. The van der Waals surface area contributed by atoms with E-state index in [0.717, 1.165) is 0 Å². The van der Waals surface area contributed by atoms with Gasteiger partial charge in [-0.1, -0.05) is 12.1 Å². The van der Waals surface area contributed by atoms with E-state index in [1.165, 1.54) is 0 Å². The lowest BCUT2D eigenvalue weighted by atomic mass is 10.1. The molecule has 0 aliphatic heterocycles. The Morgan fingerprint density at radius 3 is 2.38 bits per heavy atom. The molecular weight excluding hydrogens is 170 g/mol. The van der Waals surface area contributed by atoms with Crippen molar-refractivity contribution in [2.24, 2.45) is 5.73 Å². The van der Waals surface area contributed by atoms with Crippen LogP contribution in [-0.2, 0) is 4.79 Å². The fraction of sp³-hybridized carbons (Fsp3) is 0.222. The molecule has 4 heteroatoms. The van der Waals surface area contributed by atoms with Crippen molar-refractivity contribution in [3.05, 3.63) is 29.8 Å². The van der Waals surface area contributed by atoms with Crippen molar-refractivity contribution < 1.29 is 14.6 Å². The Bertz CT molecular complexity index is 294. The number of hydrogen-bond donors (Lipinski definition) is 2. The molecule has 4 nitrogen and oxygen atoms in total. The van der Waals surface area contributed by atoms with E-state index >= 15 is 0 Å². The van der Waals surface area contributed by atoms with Crippen LogP contribution in [-0.4, -0.2) is 18.2 Å². The van der Waals surface area contributed by atoms with Crippen LogP contribution in [0.4, 0.5) is 0 Å². The van der Waals surface area contributed by atoms with Gasteiger partial charge < -0.3 is 15.6 Å². The van der Waals surface area contributed by atoms with Crippen LogP contribution in [0.2, 0.25) is 0 Å². The van der Waals surface area contributed by atoms with Crippen molar-refractivity contribution in [1.29, 1.82) is 0 Å². The zero-order valence-corrected chi connectivity index (χ0v) is 7.23. The van der Waals surface area contributed by atoms with Crippen molar-refractivity contribution >= 4 is 5.97 Å². The number of aliphatic carboxylic acids is 1. The lowest BCUT2D eigenvalue weighted by molar-refractivity contribution is -0.138.